The lowest BCUT2D eigenvalue weighted by atomic mass is 10.3. The first-order valence-electron chi connectivity index (χ1n) is 4.64. The Labute approximate surface area is 77.9 Å². The van der Waals surface area contributed by atoms with Crippen molar-refractivity contribution in [2.24, 2.45) is 7.05 Å². The van der Waals surface area contributed by atoms with Gasteiger partial charge in [0.25, 0.3) is 0 Å². The number of nitrogens with zero attached hydrogens (tertiary/aromatic N) is 2. The van der Waals surface area contributed by atoms with Crippen molar-refractivity contribution in [1.82, 2.24) is 14.9 Å². The van der Waals surface area contributed by atoms with Crippen LogP contribution in [0.4, 0.5) is 0 Å². The van der Waals surface area contributed by atoms with Crippen LogP contribution in [0.3, 0.4) is 0 Å². The average molecular weight is 181 g/mol. The zero-order valence-corrected chi connectivity index (χ0v) is 7.86. The molecular weight excluding hydrogens is 166 g/mol. The molecule has 72 valence electrons. The van der Waals surface area contributed by atoms with E-state index in [9.17, 15) is 0 Å². The molecule has 1 fully saturated rings. The molecule has 2 heterocycles. The lowest BCUT2D eigenvalue weighted by molar-refractivity contribution is 0.0509. The third kappa shape index (κ3) is 2.08. The maximum Gasteiger partial charge on any atom is 0.0946 e. The molecule has 1 aliphatic heterocycles. The molecule has 4 heteroatoms. The Hall–Kier alpha value is -0.870. The van der Waals surface area contributed by atoms with Gasteiger partial charge in [0.15, 0.2) is 0 Å². The van der Waals surface area contributed by atoms with Gasteiger partial charge in [-0.05, 0) is 13.0 Å². The highest BCUT2D eigenvalue weighted by Gasteiger charge is 2.14. The molecule has 1 saturated heterocycles. The number of ether oxygens (including phenoxy) is 1. The summed E-state index contributed by atoms with van der Waals surface area (Å²) >= 11 is 0. The molecule has 1 unspecified atom stereocenters. The molecule has 0 bridgehead atoms. The van der Waals surface area contributed by atoms with E-state index in [2.05, 4.69) is 10.3 Å². The van der Waals surface area contributed by atoms with E-state index in [-0.39, 0.29) is 0 Å². The summed E-state index contributed by atoms with van der Waals surface area (Å²) in [5.41, 5.74) is 1.13. The van der Waals surface area contributed by atoms with Crippen molar-refractivity contribution in [3.63, 3.8) is 0 Å². The van der Waals surface area contributed by atoms with Crippen LogP contribution in [0.1, 0.15) is 12.1 Å². The van der Waals surface area contributed by atoms with E-state index in [0.29, 0.717) is 12.7 Å². The van der Waals surface area contributed by atoms with E-state index in [1.165, 1.54) is 0 Å². The van der Waals surface area contributed by atoms with Gasteiger partial charge in [-0.25, -0.2) is 4.98 Å². The minimum Gasteiger partial charge on any atom is -0.371 e. The molecular formula is C9H15N3O. The molecule has 1 N–H and O–H groups in total. The molecule has 1 aromatic rings. The van der Waals surface area contributed by atoms with Crippen molar-refractivity contribution in [3.05, 3.63) is 18.2 Å². The molecule has 1 atom stereocenters. The third-order valence-electron chi connectivity index (χ3n) is 2.40. The number of hydrogen-bond donors (Lipinski definition) is 1. The summed E-state index contributed by atoms with van der Waals surface area (Å²) in [7, 11) is 1.98. The Morgan fingerprint density at radius 1 is 1.77 bits per heavy atom. The number of hydrogen-bond acceptors (Lipinski definition) is 3. The second-order valence-corrected chi connectivity index (χ2v) is 3.42. The van der Waals surface area contributed by atoms with Crippen LogP contribution < -0.4 is 5.32 Å². The third-order valence-corrected chi connectivity index (χ3v) is 2.40. The molecule has 1 aliphatic rings. The number of aromatic nitrogens is 2. The van der Waals surface area contributed by atoms with Gasteiger partial charge in [-0.2, -0.15) is 0 Å². The van der Waals surface area contributed by atoms with Crippen LogP contribution in [0.25, 0.3) is 0 Å². The van der Waals surface area contributed by atoms with E-state index < -0.39 is 0 Å². The van der Waals surface area contributed by atoms with Crippen LogP contribution in [-0.2, 0) is 18.4 Å². The molecule has 0 amide bonds. The molecule has 13 heavy (non-hydrogen) atoms. The van der Waals surface area contributed by atoms with E-state index in [0.717, 1.165) is 25.2 Å². The summed E-state index contributed by atoms with van der Waals surface area (Å²) in [6.45, 7) is 2.73. The Morgan fingerprint density at radius 2 is 2.69 bits per heavy atom. The fraction of sp³-hybridized carbons (Fsp3) is 0.667. The Morgan fingerprint density at radius 3 is 3.31 bits per heavy atom. The van der Waals surface area contributed by atoms with Gasteiger partial charge in [-0.3, -0.25) is 0 Å². The van der Waals surface area contributed by atoms with Gasteiger partial charge in [0.05, 0.1) is 30.9 Å². The van der Waals surface area contributed by atoms with Crippen molar-refractivity contribution >= 4 is 0 Å². The van der Waals surface area contributed by atoms with E-state index >= 15 is 0 Å². The topological polar surface area (TPSA) is 39.1 Å². The van der Waals surface area contributed by atoms with Crippen molar-refractivity contribution in [2.75, 3.05) is 13.1 Å². The summed E-state index contributed by atoms with van der Waals surface area (Å²) < 4.78 is 7.69. The molecule has 0 radical (unpaired) electrons. The highest BCUT2D eigenvalue weighted by molar-refractivity contribution is 4.95. The molecule has 0 spiro atoms. The number of imidazole rings is 1. The first-order valence-corrected chi connectivity index (χ1v) is 4.64. The van der Waals surface area contributed by atoms with Crippen molar-refractivity contribution in [3.8, 4) is 0 Å². The minimum atomic E-state index is 0.384. The van der Waals surface area contributed by atoms with Crippen molar-refractivity contribution in [1.29, 1.82) is 0 Å². The van der Waals surface area contributed by atoms with Gasteiger partial charge in [-0.15, -0.1) is 0 Å². The monoisotopic (exact) mass is 181 g/mol. The highest BCUT2D eigenvalue weighted by atomic mass is 16.5. The summed E-state index contributed by atoms with van der Waals surface area (Å²) in [6, 6.07) is 0. The number of rotatable bonds is 3. The fourth-order valence-corrected chi connectivity index (χ4v) is 1.50. The standard InChI is InChI=1S/C9H15N3O/c1-12-7-11-4-8(12)6-13-9-2-3-10-5-9/h4,7,9-10H,2-3,5-6H2,1H3. The summed E-state index contributed by atoms with van der Waals surface area (Å²) in [5, 5.41) is 3.27. The minimum absolute atomic E-state index is 0.384. The SMILES string of the molecule is Cn1cncc1COC1CCNC1. The zero-order chi connectivity index (χ0) is 9.10. The maximum absolute atomic E-state index is 5.70. The van der Waals surface area contributed by atoms with E-state index in [1.807, 2.05) is 17.8 Å². The largest absolute Gasteiger partial charge is 0.371 e. The second kappa shape index (κ2) is 3.89. The molecule has 1 aromatic heterocycles. The first kappa shape index (κ1) is 8.72. The lowest BCUT2D eigenvalue weighted by Crippen LogP contribution is -2.17. The molecule has 2 rings (SSSR count). The van der Waals surface area contributed by atoms with Crippen molar-refractivity contribution < 1.29 is 4.74 Å². The Balaban J connectivity index is 1.82. The highest BCUT2D eigenvalue weighted by Crippen LogP contribution is 2.07. The Bertz CT molecular complexity index is 266. The predicted octanol–water partition coefficient (Wildman–Crippen LogP) is 0.299. The number of nitrogens with one attached hydrogen (secondary N) is 1. The van der Waals surface area contributed by atoms with E-state index in [1.54, 1.807) is 6.33 Å². The molecule has 0 aromatic carbocycles. The predicted molar refractivity (Wildman–Crippen MR) is 49.3 cm³/mol. The average Bonchev–Trinajstić information content (AvgIpc) is 2.72. The van der Waals surface area contributed by atoms with Crippen LogP contribution in [0.15, 0.2) is 12.5 Å². The van der Waals surface area contributed by atoms with Crippen LogP contribution in [-0.4, -0.2) is 28.7 Å². The van der Waals surface area contributed by atoms with Gasteiger partial charge in [0, 0.05) is 13.6 Å². The van der Waals surface area contributed by atoms with E-state index in [4.69, 9.17) is 4.74 Å². The van der Waals surface area contributed by atoms with Gasteiger partial charge in [0.2, 0.25) is 0 Å². The maximum atomic E-state index is 5.70. The fourth-order valence-electron chi connectivity index (χ4n) is 1.50. The summed E-state index contributed by atoms with van der Waals surface area (Å²) in [4.78, 5) is 4.03. The lowest BCUT2D eigenvalue weighted by Gasteiger charge is -2.09. The van der Waals surface area contributed by atoms with Gasteiger partial charge in [-0.1, -0.05) is 0 Å². The van der Waals surface area contributed by atoms with Crippen LogP contribution >= 0.6 is 0 Å². The van der Waals surface area contributed by atoms with Gasteiger partial charge < -0.3 is 14.6 Å². The summed E-state index contributed by atoms with van der Waals surface area (Å²) in [5.74, 6) is 0. The van der Waals surface area contributed by atoms with Gasteiger partial charge in [0.1, 0.15) is 0 Å². The van der Waals surface area contributed by atoms with Crippen LogP contribution in [0.5, 0.6) is 0 Å². The number of aryl methyl sites for hydroxylation is 1. The first-order chi connectivity index (χ1) is 6.36. The van der Waals surface area contributed by atoms with Gasteiger partial charge >= 0.3 is 0 Å². The van der Waals surface area contributed by atoms with Crippen LogP contribution in [0, 0.1) is 0 Å². The normalized spacial score (nSPS) is 22.4. The van der Waals surface area contributed by atoms with Crippen molar-refractivity contribution in [2.45, 2.75) is 19.1 Å². The molecule has 0 saturated carbocycles. The molecule has 0 aliphatic carbocycles. The summed E-state index contributed by atoms with van der Waals surface area (Å²) in [6.07, 6.45) is 5.15. The zero-order valence-electron chi connectivity index (χ0n) is 7.86. The molecule has 4 nitrogen and oxygen atoms in total. The Kier molecular flexibility index (Phi) is 2.61. The quantitative estimate of drug-likeness (QED) is 0.729. The smallest absolute Gasteiger partial charge is 0.0946 e. The second-order valence-electron chi connectivity index (χ2n) is 3.42. The van der Waals surface area contributed by atoms with Crippen LogP contribution in [0.2, 0.25) is 0 Å².